The monoisotopic (exact) mass is 385 g/mol. The molecule has 1 aliphatic heterocycles. The van der Waals surface area contributed by atoms with E-state index in [1.807, 2.05) is 39.0 Å². The number of likely N-dealkylation sites (tertiary alicyclic amines) is 1. The van der Waals surface area contributed by atoms with Crippen molar-refractivity contribution in [2.45, 2.75) is 57.7 Å². The van der Waals surface area contributed by atoms with Crippen molar-refractivity contribution in [3.63, 3.8) is 0 Å². The average Bonchev–Trinajstić information content (AvgIpc) is 2.98. The molecular formula is C17H27N3O3S2. The van der Waals surface area contributed by atoms with E-state index < -0.39 is 17.5 Å². The lowest BCUT2D eigenvalue weighted by Crippen LogP contribution is -2.51. The number of aryl methyl sites for hydroxylation is 1. The van der Waals surface area contributed by atoms with E-state index in [-0.39, 0.29) is 16.2 Å². The molecule has 1 amide bonds. The molecule has 1 spiro atoms. The number of hydrogen-bond acceptors (Lipinski definition) is 5. The maximum atomic E-state index is 13.1. The van der Waals surface area contributed by atoms with Gasteiger partial charge in [-0.3, -0.25) is 0 Å². The van der Waals surface area contributed by atoms with Crippen LogP contribution < -0.4 is 0 Å². The van der Waals surface area contributed by atoms with E-state index in [0.717, 1.165) is 30.0 Å². The van der Waals surface area contributed by atoms with E-state index in [4.69, 9.17) is 4.98 Å². The molecular weight excluding hydrogens is 358 g/mol. The summed E-state index contributed by atoms with van der Waals surface area (Å²) in [5.41, 5.74) is 1.05. The van der Waals surface area contributed by atoms with Crippen LogP contribution in [0.5, 0.6) is 0 Å². The second kappa shape index (κ2) is 6.40. The molecule has 1 N–H and O–H groups in total. The molecule has 2 atom stereocenters. The normalized spacial score (nSPS) is 24.0. The Morgan fingerprint density at radius 1 is 1.44 bits per heavy atom. The second-order valence-electron chi connectivity index (χ2n) is 8.16. The fourth-order valence-electron chi connectivity index (χ4n) is 4.21. The van der Waals surface area contributed by atoms with E-state index >= 15 is 0 Å². The molecule has 140 valence electrons. The van der Waals surface area contributed by atoms with Crippen molar-refractivity contribution in [3.8, 4) is 0 Å². The molecule has 2 aliphatic rings. The lowest BCUT2D eigenvalue weighted by Gasteiger charge is -2.45. The van der Waals surface area contributed by atoms with Crippen molar-refractivity contribution in [3.05, 3.63) is 15.6 Å². The van der Waals surface area contributed by atoms with Crippen molar-refractivity contribution in [1.29, 1.82) is 0 Å². The summed E-state index contributed by atoms with van der Waals surface area (Å²) < 4.78 is 14.8. The molecule has 8 heteroatoms. The topological polar surface area (TPSA) is 79.7 Å². The summed E-state index contributed by atoms with van der Waals surface area (Å²) in [6, 6.07) is 0.0460. The van der Waals surface area contributed by atoms with Crippen LogP contribution in [0.1, 0.15) is 55.2 Å². The van der Waals surface area contributed by atoms with E-state index in [1.54, 1.807) is 11.3 Å². The third-order valence-electron chi connectivity index (χ3n) is 5.36. The van der Waals surface area contributed by atoms with Crippen LogP contribution in [0.4, 0.5) is 4.79 Å². The number of carboxylic acid groups (broad SMARTS) is 1. The largest absolute Gasteiger partial charge is 0.597 e. The van der Waals surface area contributed by atoms with Crippen molar-refractivity contribution < 1.29 is 14.5 Å². The number of rotatable bonds is 2. The van der Waals surface area contributed by atoms with Gasteiger partial charge >= 0.3 is 6.09 Å². The predicted octanol–water partition coefficient (Wildman–Crippen LogP) is 3.20. The van der Waals surface area contributed by atoms with Crippen LogP contribution in [0, 0.1) is 12.3 Å². The van der Waals surface area contributed by atoms with E-state index in [1.165, 1.54) is 9.78 Å². The Balaban J connectivity index is 1.93. The number of hydrogen-bond donors (Lipinski definition) is 1. The molecule has 0 aromatic carbocycles. The van der Waals surface area contributed by atoms with Gasteiger partial charge in [0.05, 0.1) is 21.6 Å². The van der Waals surface area contributed by atoms with Gasteiger partial charge in [0, 0.05) is 36.9 Å². The summed E-state index contributed by atoms with van der Waals surface area (Å²) in [5, 5.41) is 10.3. The highest BCUT2D eigenvalue weighted by molar-refractivity contribution is 7.90. The Kier molecular flexibility index (Phi) is 4.85. The molecule has 0 bridgehead atoms. The van der Waals surface area contributed by atoms with Gasteiger partial charge in [-0.2, -0.15) is 0 Å². The number of thiazole rings is 1. The zero-order valence-corrected chi connectivity index (χ0v) is 17.2. The number of carbonyl (C=O) groups is 1. The number of fused-ring (bicyclic) bond motifs is 1. The first-order valence-electron chi connectivity index (χ1n) is 8.64. The molecule has 1 fully saturated rings. The molecule has 1 aliphatic carbocycles. The van der Waals surface area contributed by atoms with Crippen molar-refractivity contribution in [1.82, 2.24) is 14.2 Å². The Bertz CT molecular complexity index is 663. The maximum Gasteiger partial charge on any atom is 0.407 e. The zero-order valence-electron chi connectivity index (χ0n) is 15.5. The molecule has 0 unspecified atom stereocenters. The summed E-state index contributed by atoms with van der Waals surface area (Å²) in [5.74, 6) is 0. The maximum absolute atomic E-state index is 13.1. The number of aromatic nitrogens is 1. The van der Waals surface area contributed by atoms with Crippen molar-refractivity contribution in [2.24, 2.45) is 5.41 Å². The molecule has 1 aromatic rings. The minimum Gasteiger partial charge on any atom is -0.597 e. The minimum absolute atomic E-state index is 0.0460. The molecule has 1 aromatic heterocycles. The zero-order chi connectivity index (χ0) is 18.6. The molecule has 3 rings (SSSR count). The second-order valence-corrected chi connectivity index (χ2v) is 11.7. The standard InChI is InChI=1S/C17H27N3O3S2/c1-11-18-12-10-17(6-8-20(9-7-17)15(21)22)14(13(12)24-11)19(5)25(23)16(2,3)4/h14H,6-10H2,1-5H3,(H,21,22)/t14-,25-/m1/s1. The number of nitrogens with zero attached hydrogens (tertiary/aromatic N) is 3. The summed E-state index contributed by atoms with van der Waals surface area (Å²) >= 11 is 0.566. The summed E-state index contributed by atoms with van der Waals surface area (Å²) in [6.07, 6.45) is 1.59. The van der Waals surface area contributed by atoms with Gasteiger partial charge in [-0.1, -0.05) is 0 Å². The van der Waals surface area contributed by atoms with Gasteiger partial charge in [0.15, 0.2) is 0 Å². The highest BCUT2D eigenvalue weighted by Crippen LogP contribution is 2.56. The fraction of sp³-hybridized carbons (Fsp3) is 0.765. The third kappa shape index (κ3) is 3.29. The van der Waals surface area contributed by atoms with Crippen LogP contribution in [0.3, 0.4) is 0 Å². The molecule has 1 saturated heterocycles. The molecule has 6 nitrogen and oxygen atoms in total. The lowest BCUT2D eigenvalue weighted by molar-refractivity contribution is 0.0538. The summed E-state index contributed by atoms with van der Waals surface area (Å²) in [7, 11) is 1.95. The van der Waals surface area contributed by atoms with Crippen LogP contribution in [-0.4, -0.2) is 54.8 Å². The minimum atomic E-state index is -1.13. The van der Waals surface area contributed by atoms with E-state index in [0.29, 0.717) is 13.1 Å². The van der Waals surface area contributed by atoms with Gasteiger partial charge in [-0.15, -0.1) is 15.6 Å². The van der Waals surface area contributed by atoms with Crippen LogP contribution in [0.25, 0.3) is 0 Å². The highest BCUT2D eigenvalue weighted by atomic mass is 32.2. The SMILES string of the molecule is Cc1nc2c(s1)[C@@H](N(C)[S@+]([O-])C(C)(C)C)C1(CCN(C(=O)O)CC1)C2. The number of piperidine rings is 1. The van der Waals surface area contributed by atoms with Gasteiger partial charge in [-0.05, 0) is 47.0 Å². The Hall–Kier alpha value is -0.830. The third-order valence-corrected chi connectivity index (χ3v) is 8.21. The average molecular weight is 386 g/mol. The predicted molar refractivity (Wildman–Crippen MR) is 100 cm³/mol. The fourth-order valence-corrected chi connectivity index (χ4v) is 6.89. The van der Waals surface area contributed by atoms with Gasteiger partial charge < -0.3 is 14.6 Å². The van der Waals surface area contributed by atoms with Gasteiger partial charge in [0.2, 0.25) is 0 Å². The van der Waals surface area contributed by atoms with Crippen LogP contribution in [0.2, 0.25) is 0 Å². The Morgan fingerprint density at radius 3 is 2.56 bits per heavy atom. The van der Waals surface area contributed by atoms with Gasteiger partial charge in [0.1, 0.15) is 4.75 Å². The summed E-state index contributed by atoms with van der Waals surface area (Å²) in [6.45, 7) is 9.07. The Morgan fingerprint density at radius 2 is 2.04 bits per heavy atom. The molecule has 0 saturated carbocycles. The first-order valence-corrected chi connectivity index (χ1v) is 10.6. The first-order chi connectivity index (χ1) is 11.5. The lowest BCUT2D eigenvalue weighted by atomic mass is 9.73. The van der Waals surface area contributed by atoms with Gasteiger partial charge in [-0.25, -0.2) is 9.78 Å². The molecule has 25 heavy (non-hydrogen) atoms. The van der Waals surface area contributed by atoms with E-state index in [2.05, 4.69) is 0 Å². The molecule has 2 heterocycles. The Labute approximate surface area is 156 Å². The summed E-state index contributed by atoms with van der Waals surface area (Å²) in [4.78, 5) is 18.7. The van der Waals surface area contributed by atoms with Crippen LogP contribution in [0.15, 0.2) is 0 Å². The van der Waals surface area contributed by atoms with Crippen LogP contribution >= 0.6 is 11.3 Å². The smallest absolute Gasteiger partial charge is 0.407 e. The van der Waals surface area contributed by atoms with Crippen molar-refractivity contribution in [2.75, 3.05) is 20.1 Å². The molecule has 0 radical (unpaired) electrons. The van der Waals surface area contributed by atoms with Crippen LogP contribution in [-0.2, 0) is 17.8 Å². The first kappa shape index (κ1) is 18.9. The van der Waals surface area contributed by atoms with Gasteiger partial charge in [0.25, 0.3) is 0 Å². The number of amides is 1. The quantitative estimate of drug-likeness (QED) is 0.791. The highest BCUT2D eigenvalue weighted by Gasteiger charge is 2.55. The van der Waals surface area contributed by atoms with Crippen molar-refractivity contribution >= 4 is 28.8 Å². The van der Waals surface area contributed by atoms with E-state index in [9.17, 15) is 14.5 Å².